The lowest BCUT2D eigenvalue weighted by Crippen LogP contribution is -2.43. The van der Waals surface area contributed by atoms with Crippen LogP contribution >= 0.6 is 39.5 Å². The van der Waals surface area contributed by atoms with Crippen LogP contribution in [0, 0.1) is 0 Å². The van der Waals surface area contributed by atoms with Crippen LogP contribution in [0.3, 0.4) is 0 Å². The number of hydrazine groups is 1. The molecule has 0 saturated heterocycles. The third-order valence-electron chi connectivity index (χ3n) is 2.71. The van der Waals surface area contributed by atoms with Gasteiger partial charge in [0.25, 0.3) is 5.91 Å². The smallest absolute Gasteiger partial charge is 0.279 e. The monoisotopic (exact) mass is 383 g/mol. The first-order valence-electron chi connectivity index (χ1n) is 6.30. The third kappa shape index (κ3) is 4.80. The number of benzene rings is 1. The van der Waals surface area contributed by atoms with Crippen molar-refractivity contribution in [2.45, 2.75) is 13.3 Å². The number of thiocarbonyl (C=S) groups is 1. The van der Waals surface area contributed by atoms with Gasteiger partial charge >= 0.3 is 0 Å². The number of nitrogens with one attached hydrogen (secondary N) is 3. The second-order valence-corrected chi connectivity index (χ2v) is 7.06. The standard InChI is InChI=1S/C14H14BrN3OS2/c1-2-9-3-5-10(6-4-9)16-14(20)18-17-13(19)11-7-8-12(15)21-11/h3-8H,2H2,1H3,(H,17,19)(H2,16,18,20). The van der Waals surface area contributed by atoms with E-state index in [2.05, 4.69) is 39.0 Å². The molecule has 0 spiro atoms. The van der Waals surface area contributed by atoms with Crippen LogP contribution in [-0.2, 0) is 6.42 Å². The molecule has 1 aromatic heterocycles. The fourth-order valence-corrected chi connectivity index (χ4v) is 3.05. The minimum absolute atomic E-state index is 0.226. The molecule has 3 N–H and O–H groups in total. The van der Waals surface area contributed by atoms with Crippen LogP contribution in [0.5, 0.6) is 0 Å². The van der Waals surface area contributed by atoms with Gasteiger partial charge in [0.15, 0.2) is 5.11 Å². The molecule has 0 aliphatic carbocycles. The SMILES string of the molecule is CCc1ccc(NC(=S)NNC(=O)c2ccc(Br)s2)cc1. The molecule has 0 saturated carbocycles. The molecule has 2 rings (SSSR count). The number of carbonyl (C=O) groups is 1. The molecule has 110 valence electrons. The summed E-state index contributed by atoms with van der Waals surface area (Å²) in [6.07, 6.45) is 0.995. The fourth-order valence-electron chi connectivity index (χ4n) is 1.60. The summed E-state index contributed by atoms with van der Waals surface area (Å²) in [7, 11) is 0. The molecule has 4 nitrogen and oxygen atoms in total. The number of aryl methyl sites for hydroxylation is 1. The van der Waals surface area contributed by atoms with Crippen LogP contribution in [0.1, 0.15) is 22.2 Å². The van der Waals surface area contributed by atoms with Crippen molar-refractivity contribution in [3.63, 3.8) is 0 Å². The van der Waals surface area contributed by atoms with Gasteiger partial charge in [0.05, 0.1) is 8.66 Å². The zero-order valence-electron chi connectivity index (χ0n) is 11.3. The summed E-state index contributed by atoms with van der Waals surface area (Å²) in [4.78, 5) is 12.4. The Morgan fingerprint density at radius 2 is 1.90 bits per heavy atom. The molecule has 0 unspecified atom stereocenters. The molecule has 0 bridgehead atoms. The van der Waals surface area contributed by atoms with Crippen LogP contribution in [0.2, 0.25) is 0 Å². The Bertz CT molecular complexity index is 640. The highest BCUT2D eigenvalue weighted by Crippen LogP contribution is 2.21. The number of thiophene rings is 1. The Morgan fingerprint density at radius 1 is 1.19 bits per heavy atom. The highest BCUT2D eigenvalue weighted by molar-refractivity contribution is 9.11. The van der Waals surface area contributed by atoms with Gasteiger partial charge in [0.2, 0.25) is 0 Å². The number of anilines is 1. The average molecular weight is 384 g/mol. The van der Waals surface area contributed by atoms with Crippen LogP contribution in [0.4, 0.5) is 5.69 Å². The van der Waals surface area contributed by atoms with Crippen molar-refractivity contribution in [2.75, 3.05) is 5.32 Å². The molecular formula is C14H14BrN3OS2. The lowest BCUT2D eigenvalue weighted by molar-refractivity contribution is 0.0948. The van der Waals surface area contributed by atoms with Crippen LogP contribution in [0.15, 0.2) is 40.2 Å². The average Bonchev–Trinajstić information content (AvgIpc) is 2.92. The molecule has 0 aliphatic heterocycles. The zero-order chi connectivity index (χ0) is 15.2. The Hall–Kier alpha value is -1.44. The van der Waals surface area contributed by atoms with E-state index in [-0.39, 0.29) is 5.91 Å². The molecule has 0 radical (unpaired) electrons. The van der Waals surface area contributed by atoms with E-state index < -0.39 is 0 Å². The topological polar surface area (TPSA) is 53.2 Å². The molecule has 2 aromatic rings. The molecule has 0 aliphatic rings. The maximum absolute atomic E-state index is 11.8. The van der Waals surface area contributed by atoms with E-state index >= 15 is 0 Å². The minimum Gasteiger partial charge on any atom is -0.331 e. The quantitative estimate of drug-likeness (QED) is 0.558. The maximum atomic E-state index is 11.8. The van der Waals surface area contributed by atoms with Gasteiger partial charge in [-0.25, -0.2) is 0 Å². The van der Waals surface area contributed by atoms with Crippen LogP contribution in [0.25, 0.3) is 0 Å². The summed E-state index contributed by atoms with van der Waals surface area (Å²) in [6.45, 7) is 2.10. The summed E-state index contributed by atoms with van der Waals surface area (Å²) in [5.41, 5.74) is 7.36. The zero-order valence-corrected chi connectivity index (χ0v) is 14.5. The van der Waals surface area contributed by atoms with E-state index in [0.717, 1.165) is 15.9 Å². The minimum atomic E-state index is -0.226. The van der Waals surface area contributed by atoms with Gasteiger partial charge in [0, 0.05) is 5.69 Å². The van der Waals surface area contributed by atoms with Gasteiger partial charge < -0.3 is 5.32 Å². The van der Waals surface area contributed by atoms with E-state index in [1.165, 1.54) is 16.9 Å². The molecule has 0 fully saturated rings. The van der Waals surface area contributed by atoms with Gasteiger partial charge in [-0.15, -0.1) is 11.3 Å². The fraction of sp³-hybridized carbons (Fsp3) is 0.143. The summed E-state index contributed by atoms with van der Waals surface area (Å²) < 4.78 is 0.907. The molecule has 1 aromatic carbocycles. The van der Waals surface area contributed by atoms with Gasteiger partial charge in [-0.3, -0.25) is 15.6 Å². The summed E-state index contributed by atoms with van der Waals surface area (Å²) in [5, 5.41) is 3.34. The highest BCUT2D eigenvalue weighted by Gasteiger charge is 2.08. The number of carbonyl (C=O) groups excluding carboxylic acids is 1. The molecule has 1 amide bonds. The summed E-state index contributed by atoms with van der Waals surface area (Å²) in [6, 6.07) is 11.5. The number of hydrogen-bond acceptors (Lipinski definition) is 3. The van der Waals surface area contributed by atoms with Crippen molar-refractivity contribution in [1.82, 2.24) is 10.9 Å². The van der Waals surface area contributed by atoms with E-state index in [9.17, 15) is 4.79 Å². The van der Waals surface area contributed by atoms with E-state index in [0.29, 0.717) is 9.99 Å². The first-order valence-corrected chi connectivity index (χ1v) is 8.32. The summed E-state index contributed by atoms with van der Waals surface area (Å²) >= 11 is 9.80. The Morgan fingerprint density at radius 3 is 2.48 bits per heavy atom. The summed E-state index contributed by atoms with van der Waals surface area (Å²) in [5.74, 6) is -0.226. The van der Waals surface area contributed by atoms with Crippen molar-refractivity contribution in [2.24, 2.45) is 0 Å². The van der Waals surface area contributed by atoms with E-state index in [1.807, 2.05) is 30.3 Å². The normalized spacial score (nSPS) is 10.0. The molecule has 21 heavy (non-hydrogen) atoms. The second-order valence-electron chi connectivity index (χ2n) is 4.19. The number of amides is 1. The molecule has 0 atom stereocenters. The predicted molar refractivity (Wildman–Crippen MR) is 94.7 cm³/mol. The first-order chi connectivity index (χ1) is 10.1. The Balaban J connectivity index is 1.82. The lowest BCUT2D eigenvalue weighted by atomic mass is 10.1. The maximum Gasteiger partial charge on any atom is 0.279 e. The Labute approximate surface area is 141 Å². The van der Waals surface area contributed by atoms with Gasteiger partial charge in [-0.2, -0.15) is 0 Å². The van der Waals surface area contributed by atoms with Gasteiger partial charge in [-0.1, -0.05) is 19.1 Å². The van der Waals surface area contributed by atoms with Gasteiger partial charge in [0.1, 0.15) is 0 Å². The van der Waals surface area contributed by atoms with Crippen molar-refractivity contribution >= 4 is 56.2 Å². The van der Waals surface area contributed by atoms with Crippen molar-refractivity contribution in [3.8, 4) is 0 Å². The predicted octanol–water partition coefficient (Wildman–Crippen LogP) is 3.70. The van der Waals surface area contributed by atoms with Crippen LogP contribution < -0.4 is 16.2 Å². The van der Waals surface area contributed by atoms with Gasteiger partial charge in [-0.05, 0) is 64.4 Å². The largest absolute Gasteiger partial charge is 0.331 e. The molecule has 7 heteroatoms. The third-order valence-corrected chi connectivity index (χ3v) is 4.53. The number of hydrogen-bond donors (Lipinski definition) is 3. The lowest BCUT2D eigenvalue weighted by Gasteiger charge is -2.11. The van der Waals surface area contributed by atoms with E-state index in [4.69, 9.17) is 12.2 Å². The second kappa shape index (κ2) is 7.53. The molecule has 1 heterocycles. The van der Waals surface area contributed by atoms with Crippen LogP contribution in [-0.4, -0.2) is 11.0 Å². The Kier molecular flexibility index (Phi) is 5.72. The number of halogens is 1. The van der Waals surface area contributed by atoms with Crippen molar-refractivity contribution in [3.05, 3.63) is 50.6 Å². The van der Waals surface area contributed by atoms with Crippen molar-refractivity contribution < 1.29 is 4.79 Å². The number of rotatable bonds is 3. The highest BCUT2D eigenvalue weighted by atomic mass is 79.9. The molecular weight excluding hydrogens is 370 g/mol. The van der Waals surface area contributed by atoms with E-state index in [1.54, 1.807) is 6.07 Å². The van der Waals surface area contributed by atoms with Crippen molar-refractivity contribution in [1.29, 1.82) is 0 Å². The first kappa shape index (κ1) is 15.9.